The van der Waals surface area contributed by atoms with Crippen molar-refractivity contribution in [1.29, 1.82) is 0 Å². The highest BCUT2D eigenvalue weighted by Crippen LogP contribution is 2.71. The van der Waals surface area contributed by atoms with Gasteiger partial charge in [0.2, 0.25) is 11.4 Å². The number of aliphatic carboxylic acids is 1. The first kappa shape index (κ1) is 24.0. The SMILES string of the molecule is CCC(=O)O[C@]1(C(=O)O)[C@H](C)C[C@H]2[C@@H]3C[C@H](F)C4=C(F)C(=O)C=C[C@]4(C)[C@@]3(F)[C@@H](O)C[C@@]21C. The molecule has 33 heavy (non-hydrogen) atoms. The number of ether oxygens (including phenoxy) is 1. The zero-order valence-electron chi connectivity index (χ0n) is 19.0. The minimum atomic E-state index is -2.55. The van der Waals surface area contributed by atoms with Gasteiger partial charge in [0.05, 0.1) is 6.10 Å². The van der Waals surface area contributed by atoms with Gasteiger partial charge >= 0.3 is 11.9 Å². The number of ketones is 1. The standard InChI is InChI=1S/C24H29F3O6/c1-5-17(30)33-24(20(31)32)11(2)8-12-13-9-14(25)18-19(26)15(28)6-7-21(18,3)23(13,27)16(29)10-22(12,24)4/h6-7,11-14,16,29H,5,8-10H2,1-4H3,(H,31,32)/t11-,12+,13+,14+,16+,21+,22+,23+,24+/m1/s1. The van der Waals surface area contributed by atoms with Gasteiger partial charge in [0.1, 0.15) is 6.17 Å². The predicted octanol–water partition coefficient (Wildman–Crippen LogP) is 3.63. The van der Waals surface area contributed by atoms with Gasteiger partial charge in [0, 0.05) is 34.7 Å². The van der Waals surface area contributed by atoms with Crippen LogP contribution in [0.2, 0.25) is 0 Å². The molecule has 0 aromatic rings. The van der Waals surface area contributed by atoms with Crippen LogP contribution in [0, 0.1) is 28.6 Å². The maximum atomic E-state index is 17.1. The Morgan fingerprint density at radius 3 is 2.45 bits per heavy atom. The summed E-state index contributed by atoms with van der Waals surface area (Å²) in [6.07, 6.45) is -2.67. The maximum Gasteiger partial charge on any atom is 0.349 e. The van der Waals surface area contributed by atoms with Gasteiger partial charge in [-0.25, -0.2) is 18.0 Å². The van der Waals surface area contributed by atoms with E-state index in [1.165, 1.54) is 13.8 Å². The van der Waals surface area contributed by atoms with E-state index in [1.54, 1.807) is 13.8 Å². The third-order valence-electron chi connectivity index (χ3n) is 9.13. The number of fused-ring (bicyclic) bond motifs is 5. The van der Waals surface area contributed by atoms with E-state index in [0.717, 1.165) is 12.2 Å². The zero-order valence-corrected chi connectivity index (χ0v) is 19.0. The Bertz CT molecular complexity index is 993. The number of hydrogen-bond donors (Lipinski definition) is 2. The van der Waals surface area contributed by atoms with Crippen LogP contribution in [0.15, 0.2) is 23.6 Å². The molecule has 4 aliphatic rings. The Morgan fingerprint density at radius 2 is 1.88 bits per heavy atom. The van der Waals surface area contributed by atoms with Crippen molar-refractivity contribution in [3.8, 4) is 0 Å². The fourth-order valence-electron chi connectivity index (χ4n) is 7.59. The van der Waals surface area contributed by atoms with Gasteiger partial charge in [-0.15, -0.1) is 0 Å². The van der Waals surface area contributed by atoms with Gasteiger partial charge in [-0.2, -0.15) is 0 Å². The Hall–Kier alpha value is -2.16. The van der Waals surface area contributed by atoms with E-state index in [1.807, 2.05) is 0 Å². The average molecular weight is 470 g/mol. The fourth-order valence-corrected chi connectivity index (χ4v) is 7.59. The van der Waals surface area contributed by atoms with Gasteiger partial charge in [-0.05, 0) is 38.2 Å². The minimum absolute atomic E-state index is 0.0710. The van der Waals surface area contributed by atoms with Crippen LogP contribution in [0.5, 0.6) is 0 Å². The molecule has 0 heterocycles. The van der Waals surface area contributed by atoms with Crippen molar-refractivity contribution < 1.29 is 42.5 Å². The fraction of sp³-hybridized carbons (Fsp3) is 0.708. The van der Waals surface area contributed by atoms with E-state index in [4.69, 9.17) is 4.74 Å². The van der Waals surface area contributed by atoms with Crippen LogP contribution in [0.4, 0.5) is 13.2 Å². The van der Waals surface area contributed by atoms with Crippen LogP contribution >= 0.6 is 0 Å². The van der Waals surface area contributed by atoms with Crippen molar-refractivity contribution >= 4 is 17.7 Å². The maximum absolute atomic E-state index is 17.1. The number of alkyl halides is 2. The number of rotatable bonds is 3. The summed E-state index contributed by atoms with van der Waals surface area (Å²) in [5.41, 5.74) is -8.50. The summed E-state index contributed by atoms with van der Waals surface area (Å²) < 4.78 is 52.8. The van der Waals surface area contributed by atoms with Crippen LogP contribution in [0.1, 0.15) is 53.4 Å². The third kappa shape index (κ3) is 2.63. The Balaban J connectivity index is 1.89. The lowest BCUT2D eigenvalue weighted by Gasteiger charge is -2.62. The predicted molar refractivity (Wildman–Crippen MR) is 110 cm³/mol. The van der Waals surface area contributed by atoms with Crippen molar-refractivity contribution in [2.24, 2.45) is 28.6 Å². The number of carbonyl (C=O) groups is 3. The molecule has 182 valence electrons. The Labute approximate surface area is 189 Å². The van der Waals surface area contributed by atoms with Crippen molar-refractivity contribution in [3.63, 3.8) is 0 Å². The largest absolute Gasteiger partial charge is 0.478 e. The van der Waals surface area contributed by atoms with Crippen molar-refractivity contribution in [1.82, 2.24) is 0 Å². The highest BCUT2D eigenvalue weighted by atomic mass is 19.2. The van der Waals surface area contributed by atoms with Gasteiger partial charge in [0.15, 0.2) is 11.5 Å². The van der Waals surface area contributed by atoms with Gasteiger partial charge in [-0.3, -0.25) is 9.59 Å². The molecule has 2 N–H and O–H groups in total. The summed E-state index contributed by atoms with van der Waals surface area (Å²) in [7, 11) is 0. The molecule has 0 aromatic carbocycles. The first-order valence-corrected chi connectivity index (χ1v) is 11.3. The van der Waals surface area contributed by atoms with Crippen LogP contribution in [0.3, 0.4) is 0 Å². The summed E-state index contributed by atoms with van der Waals surface area (Å²) in [4.78, 5) is 36.7. The molecule has 0 amide bonds. The zero-order chi connectivity index (χ0) is 24.7. The average Bonchev–Trinajstić information content (AvgIpc) is 2.95. The molecule has 0 bridgehead atoms. The molecule has 6 nitrogen and oxygen atoms in total. The summed E-state index contributed by atoms with van der Waals surface area (Å²) in [5.74, 6) is -7.23. The van der Waals surface area contributed by atoms with E-state index in [0.29, 0.717) is 0 Å². The number of carboxylic acid groups (broad SMARTS) is 1. The number of allylic oxidation sites excluding steroid dienone is 4. The monoisotopic (exact) mass is 470 g/mol. The second-order valence-electron chi connectivity index (χ2n) is 10.5. The number of halogens is 3. The Kier molecular flexibility index (Phi) is 5.21. The van der Waals surface area contributed by atoms with Gasteiger partial charge < -0.3 is 14.9 Å². The molecule has 3 saturated carbocycles. The van der Waals surface area contributed by atoms with Gasteiger partial charge in [0.25, 0.3) is 0 Å². The molecule has 4 rings (SSSR count). The van der Waals surface area contributed by atoms with Gasteiger partial charge in [-0.1, -0.05) is 26.8 Å². The summed E-state index contributed by atoms with van der Waals surface area (Å²) in [6.45, 7) is 5.93. The molecule has 0 saturated heterocycles. The van der Waals surface area contributed by atoms with Crippen LogP contribution in [0.25, 0.3) is 0 Å². The number of esters is 1. The number of aliphatic hydroxyl groups is 1. The van der Waals surface area contributed by atoms with Crippen molar-refractivity contribution in [2.45, 2.75) is 76.9 Å². The van der Waals surface area contributed by atoms with E-state index in [-0.39, 0.29) is 19.3 Å². The third-order valence-corrected chi connectivity index (χ3v) is 9.13. The summed E-state index contributed by atoms with van der Waals surface area (Å²) >= 11 is 0. The van der Waals surface area contributed by atoms with E-state index in [9.17, 15) is 29.0 Å². The molecule has 0 aliphatic heterocycles. The quantitative estimate of drug-likeness (QED) is 0.611. The lowest BCUT2D eigenvalue weighted by Crippen LogP contribution is -2.71. The summed E-state index contributed by atoms with van der Waals surface area (Å²) in [5, 5.41) is 21.5. The molecule has 3 fully saturated rings. The highest BCUT2D eigenvalue weighted by Gasteiger charge is 2.78. The van der Waals surface area contributed by atoms with Crippen molar-refractivity contribution in [3.05, 3.63) is 23.6 Å². The first-order valence-electron chi connectivity index (χ1n) is 11.3. The van der Waals surface area contributed by atoms with Crippen LogP contribution < -0.4 is 0 Å². The molecule has 9 atom stereocenters. The normalized spacial score (nSPS) is 48.7. The highest BCUT2D eigenvalue weighted by molar-refractivity contribution is 6.04. The molecule has 0 spiro atoms. The van der Waals surface area contributed by atoms with Crippen LogP contribution in [-0.4, -0.2) is 51.5 Å². The van der Waals surface area contributed by atoms with Crippen molar-refractivity contribution in [2.75, 3.05) is 0 Å². The minimum Gasteiger partial charge on any atom is -0.478 e. The number of aliphatic hydroxyl groups excluding tert-OH is 1. The molecule has 4 aliphatic carbocycles. The first-order chi connectivity index (χ1) is 15.2. The second-order valence-corrected chi connectivity index (χ2v) is 10.5. The van der Waals surface area contributed by atoms with E-state index < -0.39 is 87.7 Å². The van der Waals surface area contributed by atoms with Crippen LogP contribution in [-0.2, 0) is 19.1 Å². The van der Waals surface area contributed by atoms with E-state index in [2.05, 4.69) is 0 Å². The molecule has 9 heteroatoms. The molecule has 0 radical (unpaired) electrons. The number of carboxylic acids is 1. The lowest BCUT2D eigenvalue weighted by atomic mass is 9.44. The number of hydrogen-bond acceptors (Lipinski definition) is 5. The smallest absolute Gasteiger partial charge is 0.349 e. The second kappa shape index (κ2) is 7.17. The molecular weight excluding hydrogens is 441 g/mol. The molecular formula is C24H29F3O6. The lowest BCUT2D eigenvalue weighted by molar-refractivity contribution is -0.237. The molecule has 0 unspecified atom stereocenters. The Morgan fingerprint density at radius 1 is 1.24 bits per heavy atom. The van der Waals surface area contributed by atoms with E-state index >= 15 is 8.78 Å². The number of carbonyl (C=O) groups excluding carboxylic acids is 2. The molecule has 0 aromatic heterocycles. The topological polar surface area (TPSA) is 101 Å². The summed E-state index contributed by atoms with van der Waals surface area (Å²) in [6, 6.07) is 0.